The van der Waals surface area contributed by atoms with Crippen LogP contribution in [-0.4, -0.2) is 55.8 Å². The van der Waals surface area contributed by atoms with Crippen LogP contribution in [0.4, 0.5) is 21.8 Å². The van der Waals surface area contributed by atoms with Crippen LogP contribution >= 0.6 is 0 Å². The summed E-state index contributed by atoms with van der Waals surface area (Å²) in [7, 11) is 1.76. The lowest BCUT2D eigenvalue weighted by molar-refractivity contribution is 0.122. The summed E-state index contributed by atoms with van der Waals surface area (Å²) in [5, 5.41) is 3.33. The van der Waals surface area contributed by atoms with Gasteiger partial charge < -0.3 is 24.3 Å². The largest absolute Gasteiger partial charge is 0.457 e. The fraction of sp³-hybridized carbons (Fsp3) is 0.240. The highest BCUT2D eigenvalue weighted by Crippen LogP contribution is 2.32. The molecule has 182 valence electrons. The van der Waals surface area contributed by atoms with E-state index < -0.39 is 0 Å². The van der Waals surface area contributed by atoms with Crippen molar-refractivity contribution in [1.82, 2.24) is 29.5 Å². The third kappa shape index (κ3) is 4.13. The van der Waals surface area contributed by atoms with Gasteiger partial charge in [0.2, 0.25) is 5.95 Å². The Morgan fingerprint density at radius 3 is 2.72 bits per heavy atom. The summed E-state index contributed by atoms with van der Waals surface area (Å²) in [5.41, 5.74) is 3.93. The molecule has 1 aliphatic rings. The molecule has 10 nitrogen and oxygen atoms in total. The van der Waals surface area contributed by atoms with Crippen LogP contribution in [0.2, 0.25) is 0 Å². The molecule has 0 bridgehead atoms. The van der Waals surface area contributed by atoms with E-state index in [1.54, 1.807) is 30.2 Å². The summed E-state index contributed by atoms with van der Waals surface area (Å²) in [6.45, 7) is 4.69. The normalized spacial score (nSPS) is 13.9. The fourth-order valence-corrected chi connectivity index (χ4v) is 4.23. The quantitative estimate of drug-likeness (QED) is 0.393. The van der Waals surface area contributed by atoms with Gasteiger partial charge in [-0.25, -0.2) is 29.3 Å². The standard InChI is InChI=1S/C25H23FN8O2/c1-15-9-16(3-4-21(15)36-17-10-18(26)23-19(11-17)30-14-33(23)2)31-24-22-20(28-13-29-24)12-27-25(32-22)34-5-7-35-8-6-34/h3-4,9-14H,5-8H2,1-2H3,(H,28,29,31). The molecule has 0 atom stereocenters. The Bertz CT molecular complexity index is 1580. The summed E-state index contributed by atoms with van der Waals surface area (Å²) < 4.78 is 27.6. The molecule has 3 aromatic heterocycles. The summed E-state index contributed by atoms with van der Waals surface area (Å²) in [4.78, 5) is 24.2. The lowest BCUT2D eigenvalue weighted by atomic mass is 10.2. The summed E-state index contributed by atoms with van der Waals surface area (Å²) >= 11 is 0. The maximum atomic E-state index is 14.5. The van der Waals surface area contributed by atoms with Crippen molar-refractivity contribution in [2.24, 2.45) is 7.05 Å². The highest BCUT2D eigenvalue weighted by molar-refractivity contribution is 5.87. The topological polar surface area (TPSA) is 103 Å². The molecule has 0 amide bonds. The van der Waals surface area contributed by atoms with E-state index in [2.05, 4.69) is 30.2 Å². The van der Waals surface area contributed by atoms with Crippen molar-refractivity contribution >= 4 is 39.5 Å². The van der Waals surface area contributed by atoms with E-state index in [1.807, 2.05) is 25.1 Å². The van der Waals surface area contributed by atoms with Gasteiger partial charge >= 0.3 is 0 Å². The number of anilines is 3. The SMILES string of the molecule is Cc1cc(Nc2ncnc3cnc(N4CCOCC4)nc23)ccc1Oc1cc(F)c2c(c1)ncn2C. The van der Waals surface area contributed by atoms with E-state index in [-0.39, 0.29) is 5.82 Å². The van der Waals surface area contributed by atoms with Crippen LogP contribution in [0, 0.1) is 12.7 Å². The average Bonchev–Trinajstić information content (AvgIpc) is 3.27. The molecule has 6 rings (SSSR count). The first-order valence-electron chi connectivity index (χ1n) is 11.5. The van der Waals surface area contributed by atoms with E-state index in [4.69, 9.17) is 14.5 Å². The first kappa shape index (κ1) is 22.1. The number of aromatic nitrogens is 6. The smallest absolute Gasteiger partial charge is 0.226 e. The molecule has 4 heterocycles. The summed E-state index contributed by atoms with van der Waals surface area (Å²) in [5.74, 6) is 1.82. The number of hydrogen-bond donors (Lipinski definition) is 1. The Morgan fingerprint density at radius 2 is 1.89 bits per heavy atom. The summed E-state index contributed by atoms with van der Waals surface area (Å²) in [6.07, 6.45) is 4.77. The van der Waals surface area contributed by atoms with Crippen molar-refractivity contribution in [3.63, 3.8) is 0 Å². The van der Waals surface area contributed by atoms with Gasteiger partial charge in [-0.05, 0) is 30.7 Å². The van der Waals surface area contributed by atoms with Crippen LogP contribution in [0.5, 0.6) is 11.5 Å². The molecule has 5 aromatic rings. The molecule has 1 fully saturated rings. The minimum Gasteiger partial charge on any atom is -0.457 e. The molecule has 0 spiro atoms. The number of imidazole rings is 1. The molecular weight excluding hydrogens is 463 g/mol. The van der Waals surface area contributed by atoms with Gasteiger partial charge in [0.25, 0.3) is 0 Å². The summed E-state index contributed by atoms with van der Waals surface area (Å²) in [6, 6.07) is 8.73. The Hall–Kier alpha value is -4.38. The van der Waals surface area contributed by atoms with E-state index >= 15 is 0 Å². The van der Waals surface area contributed by atoms with Gasteiger partial charge in [0.05, 0.1) is 31.3 Å². The number of ether oxygens (including phenoxy) is 2. The number of halogens is 1. The Labute approximate surface area is 205 Å². The van der Waals surface area contributed by atoms with Crippen molar-refractivity contribution in [2.75, 3.05) is 36.5 Å². The lowest BCUT2D eigenvalue weighted by Crippen LogP contribution is -2.37. The first-order valence-corrected chi connectivity index (χ1v) is 11.5. The van der Waals surface area contributed by atoms with Crippen molar-refractivity contribution < 1.29 is 13.9 Å². The number of rotatable bonds is 5. The molecule has 1 saturated heterocycles. The van der Waals surface area contributed by atoms with Crippen LogP contribution < -0.4 is 15.0 Å². The fourth-order valence-electron chi connectivity index (χ4n) is 4.23. The number of aryl methyl sites for hydroxylation is 2. The highest BCUT2D eigenvalue weighted by atomic mass is 19.1. The number of benzene rings is 2. The lowest BCUT2D eigenvalue weighted by Gasteiger charge is -2.26. The van der Waals surface area contributed by atoms with E-state index in [0.29, 0.717) is 58.5 Å². The van der Waals surface area contributed by atoms with Crippen molar-refractivity contribution in [1.29, 1.82) is 0 Å². The van der Waals surface area contributed by atoms with Crippen LogP contribution in [0.1, 0.15) is 5.56 Å². The zero-order valence-corrected chi connectivity index (χ0v) is 19.8. The molecule has 0 saturated carbocycles. The number of nitrogens with one attached hydrogen (secondary N) is 1. The zero-order chi connectivity index (χ0) is 24.6. The van der Waals surface area contributed by atoms with Crippen LogP contribution in [0.15, 0.2) is 49.2 Å². The van der Waals surface area contributed by atoms with Crippen LogP contribution in [-0.2, 0) is 11.8 Å². The first-order chi connectivity index (χ1) is 17.5. The van der Waals surface area contributed by atoms with Gasteiger partial charge in [0, 0.05) is 38.0 Å². The maximum absolute atomic E-state index is 14.5. The minimum absolute atomic E-state index is 0.382. The van der Waals surface area contributed by atoms with Gasteiger partial charge in [-0.15, -0.1) is 0 Å². The number of morpholine rings is 1. The Kier molecular flexibility index (Phi) is 5.53. The average molecular weight is 487 g/mol. The third-order valence-electron chi connectivity index (χ3n) is 6.06. The van der Waals surface area contributed by atoms with Crippen molar-refractivity contribution in [2.45, 2.75) is 6.92 Å². The predicted molar refractivity (Wildman–Crippen MR) is 133 cm³/mol. The number of fused-ring (bicyclic) bond motifs is 2. The van der Waals surface area contributed by atoms with Crippen molar-refractivity contribution in [3.8, 4) is 11.5 Å². The molecule has 1 N–H and O–H groups in total. The van der Waals surface area contributed by atoms with Gasteiger partial charge in [-0.1, -0.05) is 0 Å². The van der Waals surface area contributed by atoms with Gasteiger partial charge in [0.1, 0.15) is 34.4 Å². The van der Waals surface area contributed by atoms with Gasteiger partial charge in [-0.2, -0.15) is 0 Å². The molecule has 0 aliphatic carbocycles. The second kappa shape index (κ2) is 9.00. The van der Waals surface area contributed by atoms with Gasteiger partial charge in [-0.3, -0.25) is 0 Å². The third-order valence-corrected chi connectivity index (χ3v) is 6.06. The molecular formula is C25H23FN8O2. The predicted octanol–water partition coefficient (Wildman–Crippen LogP) is 4.13. The molecule has 0 unspecified atom stereocenters. The van der Waals surface area contributed by atoms with Crippen molar-refractivity contribution in [3.05, 3.63) is 60.6 Å². The molecule has 36 heavy (non-hydrogen) atoms. The Balaban J connectivity index is 1.26. The monoisotopic (exact) mass is 486 g/mol. The molecule has 1 aliphatic heterocycles. The molecule has 2 aromatic carbocycles. The second-order valence-electron chi connectivity index (χ2n) is 8.56. The van der Waals surface area contributed by atoms with E-state index in [9.17, 15) is 4.39 Å². The zero-order valence-electron chi connectivity index (χ0n) is 19.8. The number of nitrogens with zero attached hydrogens (tertiary/aromatic N) is 7. The second-order valence-corrected chi connectivity index (χ2v) is 8.56. The minimum atomic E-state index is -0.382. The maximum Gasteiger partial charge on any atom is 0.226 e. The van der Waals surface area contributed by atoms with Crippen LogP contribution in [0.25, 0.3) is 22.1 Å². The molecule has 0 radical (unpaired) electrons. The highest BCUT2D eigenvalue weighted by Gasteiger charge is 2.16. The van der Waals surface area contributed by atoms with E-state index in [0.717, 1.165) is 24.3 Å². The van der Waals surface area contributed by atoms with Gasteiger partial charge in [0.15, 0.2) is 11.6 Å². The van der Waals surface area contributed by atoms with Crippen LogP contribution in [0.3, 0.4) is 0 Å². The Morgan fingerprint density at radius 1 is 1.03 bits per heavy atom. The number of hydrogen-bond acceptors (Lipinski definition) is 9. The molecule has 11 heteroatoms. The van der Waals surface area contributed by atoms with E-state index in [1.165, 1.54) is 12.4 Å².